The zero-order valence-corrected chi connectivity index (χ0v) is 10.1. The smallest absolute Gasteiger partial charge is 0.231 e. The van der Waals surface area contributed by atoms with E-state index < -0.39 is 0 Å². The molecule has 1 aliphatic carbocycles. The average molecular weight is 246 g/mol. The number of rotatable bonds is 4. The molecular weight excluding hydrogens is 232 g/mol. The lowest BCUT2D eigenvalue weighted by Gasteiger charge is -2.13. The van der Waals surface area contributed by atoms with Crippen LogP contribution in [-0.4, -0.2) is 19.9 Å². The summed E-state index contributed by atoms with van der Waals surface area (Å²) in [5.74, 6) is 1.87. The van der Waals surface area contributed by atoms with Crippen LogP contribution in [0.5, 0.6) is 17.2 Å². The van der Waals surface area contributed by atoms with Gasteiger partial charge in [0, 0.05) is 6.04 Å². The molecule has 1 aromatic carbocycles. The van der Waals surface area contributed by atoms with Gasteiger partial charge in [-0.05, 0) is 30.5 Å². The van der Waals surface area contributed by atoms with Crippen molar-refractivity contribution in [1.82, 2.24) is 5.32 Å². The third-order valence-electron chi connectivity index (χ3n) is 3.12. The lowest BCUT2D eigenvalue weighted by molar-refractivity contribution is 0.171. The van der Waals surface area contributed by atoms with Crippen molar-refractivity contribution in [2.75, 3.05) is 13.9 Å². The number of hydrogen-bond acceptors (Lipinski definition) is 5. The molecule has 1 unspecified atom stereocenters. The van der Waals surface area contributed by atoms with Gasteiger partial charge in [0.15, 0.2) is 11.5 Å². The second-order valence-corrected chi connectivity index (χ2v) is 4.46. The zero-order chi connectivity index (χ0) is 12.5. The van der Waals surface area contributed by atoms with Crippen LogP contribution >= 0.6 is 0 Å². The molecule has 1 atom stereocenters. The molecular formula is C13H14N2O3. The SMILES string of the molecule is COc1cc(C(C#N)NC2CC2)cc2c1OCO2. The number of hydrogen-bond donors (Lipinski definition) is 1. The highest BCUT2D eigenvalue weighted by atomic mass is 16.7. The summed E-state index contributed by atoms with van der Waals surface area (Å²) in [6.45, 7) is 0.197. The van der Waals surface area contributed by atoms with Crippen molar-refractivity contribution in [2.45, 2.75) is 24.9 Å². The topological polar surface area (TPSA) is 63.5 Å². The molecule has 1 N–H and O–H groups in total. The first-order valence-corrected chi connectivity index (χ1v) is 5.95. The Kier molecular flexibility index (Phi) is 2.73. The standard InChI is InChI=1S/C13H14N2O3/c1-16-11-4-8(5-12-13(11)18-7-17-12)10(6-14)15-9-2-3-9/h4-5,9-10,15H,2-3,7H2,1H3. The van der Waals surface area contributed by atoms with Gasteiger partial charge in [-0.2, -0.15) is 5.26 Å². The van der Waals surface area contributed by atoms with Gasteiger partial charge >= 0.3 is 0 Å². The minimum Gasteiger partial charge on any atom is -0.493 e. The van der Waals surface area contributed by atoms with Crippen LogP contribution in [0.15, 0.2) is 12.1 Å². The monoisotopic (exact) mass is 246 g/mol. The van der Waals surface area contributed by atoms with Gasteiger partial charge < -0.3 is 14.2 Å². The molecule has 94 valence electrons. The Bertz CT molecular complexity index is 506. The highest BCUT2D eigenvalue weighted by Gasteiger charge is 2.28. The van der Waals surface area contributed by atoms with E-state index in [0.717, 1.165) is 18.4 Å². The molecule has 1 fully saturated rings. The molecule has 3 rings (SSSR count). The van der Waals surface area contributed by atoms with Crippen molar-refractivity contribution in [3.63, 3.8) is 0 Å². The summed E-state index contributed by atoms with van der Waals surface area (Å²) in [6, 6.07) is 6.07. The molecule has 18 heavy (non-hydrogen) atoms. The van der Waals surface area contributed by atoms with Crippen molar-refractivity contribution < 1.29 is 14.2 Å². The Morgan fingerprint density at radius 1 is 1.44 bits per heavy atom. The maximum absolute atomic E-state index is 9.24. The van der Waals surface area contributed by atoms with Gasteiger partial charge in [0.2, 0.25) is 12.5 Å². The molecule has 0 amide bonds. The van der Waals surface area contributed by atoms with Gasteiger partial charge in [-0.25, -0.2) is 0 Å². The van der Waals surface area contributed by atoms with Crippen LogP contribution in [0.25, 0.3) is 0 Å². The summed E-state index contributed by atoms with van der Waals surface area (Å²) in [7, 11) is 1.58. The minimum absolute atomic E-state index is 0.197. The third-order valence-corrected chi connectivity index (χ3v) is 3.12. The fourth-order valence-corrected chi connectivity index (χ4v) is 2.01. The number of nitrogens with one attached hydrogen (secondary N) is 1. The summed E-state index contributed by atoms with van der Waals surface area (Å²) < 4.78 is 16.0. The van der Waals surface area contributed by atoms with Gasteiger partial charge in [0.25, 0.3) is 0 Å². The highest BCUT2D eigenvalue weighted by Crippen LogP contribution is 2.43. The summed E-state index contributed by atoms with van der Waals surface area (Å²) in [6.07, 6.45) is 2.28. The largest absolute Gasteiger partial charge is 0.493 e. The van der Waals surface area contributed by atoms with Crippen molar-refractivity contribution in [3.05, 3.63) is 17.7 Å². The fraction of sp³-hybridized carbons (Fsp3) is 0.462. The van der Waals surface area contributed by atoms with E-state index in [2.05, 4.69) is 11.4 Å². The maximum Gasteiger partial charge on any atom is 0.231 e. The summed E-state index contributed by atoms with van der Waals surface area (Å²) >= 11 is 0. The number of nitrogens with zero attached hydrogens (tertiary/aromatic N) is 1. The molecule has 0 aromatic heterocycles. The Morgan fingerprint density at radius 3 is 2.94 bits per heavy atom. The van der Waals surface area contributed by atoms with Gasteiger partial charge in [-0.15, -0.1) is 0 Å². The van der Waals surface area contributed by atoms with Crippen LogP contribution in [0.4, 0.5) is 0 Å². The normalized spacial score (nSPS) is 18.2. The van der Waals surface area contributed by atoms with Gasteiger partial charge in [0.1, 0.15) is 6.04 Å². The van der Waals surface area contributed by atoms with Crippen molar-refractivity contribution in [2.24, 2.45) is 0 Å². The first-order chi connectivity index (χ1) is 8.81. The van der Waals surface area contributed by atoms with Crippen LogP contribution < -0.4 is 19.5 Å². The first kappa shape index (κ1) is 11.2. The predicted octanol–water partition coefficient (Wildman–Crippen LogP) is 1.74. The van der Waals surface area contributed by atoms with Gasteiger partial charge in [-0.3, -0.25) is 5.32 Å². The van der Waals surface area contributed by atoms with E-state index in [-0.39, 0.29) is 12.8 Å². The molecule has 0 saturated heterocycles. The number of methoxy groups -OCH3 is 1. The Hall–Kier alpha value is -1.93. The molecule has 1 aliphatic heterocycles. The molecule has 1 saturated carbocycles. The Morgan fingerprint density at radius 2 is 2.28 bits per heavy atom. The van der Waals surface area contributed by atoms with Crippen LogP contribution in [0.2, 0.25) is 0 Å². The minimum atomic E-state index is -0.333. The summed E-state index contributed by atoms with van der Waals surface area (Å²) in [5, 5.41) is 12.5. The van der Waals surface area contributed by atoms with E-state index in [1.807, 2.05) is 12.1 Å². The zero-order valence-electron chi connectivity index (χ0n) is 10.1. The molecule has 0 bridgehead atoms. The molecule has 5 heteroatoms. The molecule has 2 aliphatic rings. The van der Waals surface area contributed by atoms with E-state index >= 15 is 0 Å². The van der Waals surface area contributed by atoms with Crippen molar-refractivity contribution in [3.8, 4) is 23.3 Å². The van der Waals surface area contributed by atoms with E-state index in [1.54, 1.807) is 7.11 Å². The highest BCUT2D eigenvalue weighted by molar-refractivity contribution is 5.56. The molecule has 1 heterocycles. The number of ether oxygens (including phenoxy) is 3. The average Bonchev–Trinajstić information content (AvgIpc) is 3.09. The van der Waals surface area contributed by atoms with Crippen LogP contribution in [0.3, 0.4) is 0 Å². The number of nitriles is 1. The predicted molar refractivity (Wildman–Crippen MR) is 63.6 cm³/mol. The fourth-order valence-electron chi connectivity index (χ4n) is 2.01. The molecule has 5 nitrogen and oxygen atoms in total. The third kappa shape index (κ3) is 1.95. The van der Waals surface area contributed by atoms with Crippen molar-refractivity contribution in [1.29, 1.82) is 5.26 Å². The quantitative estimate of drug-likeness (QED) is 0.876. The lowest BCUT2D eigenvalue weighted by atomic mass is 10.1. The Labute approximate surface area is 105 Å². The van der Waals surface area contributed by atoms with E-state index in [1.165, 1.54) is 0 Å². The van der Waals surface area contributed by atoms with Gasteiger partial charge in [0.05, 0.1) is 13.2 Å². The lowest BCUT2D eigenvalue weighted by Crippen LogP contribution is -2.22. The van der Waals surface area contributed by atoms with E-state index in [9.17, 15) is 5.26 Å². The summed E-state index contributed by atoms with van der Waals surface area (Å²) in [4.78, 5) is 0. The van der Waals surface area contributed by atoms with Crippen LogP contribution in [0.1, 0.15) is 24.4 Å². The molecule has 0 radical (unpaired) electrons. The first-order valence-electron chi connectivity index (χ1n) is 5.95. The van der Waals surface area contributed by atoms with E-state index in [0.29, 0.717) is 23.3 Å². The second-order valence-electron chi connectivity index (χ2n) is 4.46. The van der Waals surface area contributed by atoms with E-state index in [4.69, 9.17) is 14.2 Å². The molecule has 0 spiro atoms. The molecule has 1 aromatic rings. The van der Waals surface area contributed by atoms with Crippen molar-refractivity contribution >= 4 is 0 Å². The maximum atomic E-state index is 9.24. The number of fused-ring (bicyclic) bond motifs is 1. The van der Waals surface area contributed by atoms with Crippen LogP contribution in [-0.2, 0) is 0 Å². The van der Waals surface area contributed by atoms with Gasteiger partial charge in [-0.1, -0.05) is 0 Å². The number of benzene rings is 1. The Balaban J connectivity index is 1.93. The van der Waals surface area contributed by atoms with Crippen LogP contribution in [0, 0.1) is 11.3 Å². The second kappa shape index (κ2) is 4.39. The summed E-state index contributed by atoms with van der Waals surface area (Å²) in [5.41, 5.74) is 0.852.